The molecule has 0 spiro atoms. The Balaban J connectivity index is 1.83. The van der Waals surface area contributed by atoms with Crippen LogP contribution in [0.15, 0.2) is 57.7 Å². The van der Waals surface area contributed by atoms with Gasteiger partial charge in [-0.15, -0.1) is 0 Å². The Morgan fingerprint density at radius 3 is 2.62 bits per heavy atom. The zero-order chi connectivity index (χ0) is 18.1. The van der Waals surface area contributed by atoms with Gasteiger partial charge in [-0.3, -0.25) is 4.79 Å². The number of halogens is 1. The molecule has 0 saturated carbocycles. The summed E-state index contributed by atoms with van der Waals surface area (Å²) in [7, 11) is 0. The SMILES string of the molecule is O=C(Nc1c(N2CCCC2)c2ccccc2oc1=O)c1cccc(Cl)c1. The molecule has 1 saturated heterocycles. The molecule has 1 aromatic heterocycles. The van der Waals surface area contributed by atoms with E-state index in [9.17, 15) is 9.59 Å². The minimum Gasteiger partial charge on any atom is -0.421 e. The second-order valence-electron chi connectivity index (χ2n) is 6.27. The topological polar surface area (TPSA) is 62.6 Å². The maximum absolute atomic E-state index is 12.7. The Morgan fingerprint density at radius 2 is 1.85 bits per heavy atom. The third-order valence-corrected chi connectivity index (χ3v) is 4.77. The van der Waals surface area contributed by atoms with Gasteiger partial charge in [-0.2, -0.15) is 0 Å². The van der Waals surface area contributed by atoms with Crippen molar-refractivity contribution >= 4 is 39.9 Å². The fourth-order valence-electron chi connectivity index (χ4n) is 3.33. The fraction of sp³-hybridized carbons (Fsp3) is 0.200. The van der Waals surface area contributed by atoms with Crippen LogP contribution in [-0.2, 0) is 0 Å². The molecule has 0 atom stereocenters. The number of carbonyl (C=O) groups excluding carboxylic acids is 1. The second-order valence-corrected chi connectivity index (χ2v) is 6.70. The Hall–Kier alpha value is -2.79. The van der Waals surface area contributed by atoms with Gasteiger partial charge in [-0.05, 0) is 43.2 Å². The molecule has 0 unspecified atom stereocenters. The van der Waals surface area contributed by atoms with Gasteiger partial charge in [-0.1, -0.05) is 29.8 Å². The van der Waals surface area contributed by atoms with Crippen molar-refractivity contribution in [3.8, 4) is 0 Å². The lowest BCUT2D eigenvalue weighted by Crippen LogP contribution is -2.25. The van der Waals surface area contributed by atoms with E-state index in [0.717, 1.165) is 37.0 Å². The lowest BCUT2D eigenvalue weighted by molar-refractivity contribution is 0.102. The number of anilines is 2. The van der Waals surface area contributed by atoms with Crippen molar-refractivity contribution in [1.29, 1.82) is 0 Å². The molecule has 3 aromatic rings. The standard InChI is InChI=1S/C20H17ClN2O3/c21-14-7-5-6-13(12-14)19(24)22-17-18(23-10-3-4-11-23)15-8-1-2-9-16(15)26-20(17)25/h1-2,5-9,12H,3-4,10-11H2,(H,22,24). The van der Waals surface area contributed by atoms with E-state index in [4.69, 9.17) is 16.0 Å². The van der Waals surface area contributed by atoms with E-state index in [-0.39, 0.29) is 5.69 Å². The van der Waals surface area contributed by atoms with Gasteiger partial charge in [-0.25, -0.2) is 4.79 Å². The highest BCUT2D eigenvalue weighted by Gasteiger charge is 2.24. The Morgan fingerprint density at radius 1 is 1.08 bits per heavy atom. The van der Waals surface area contributed by atoms with Crippen LogP contribution in [-0.4, -0.2) is 19.0 Å². The molecule has 0 aliphatic carbocycles. The summed E-state index contributed by atoms with van der Waals surface area (Å²) >= 11 is 5.97. The Labute approximate surface area is 155 Å². The van der Waals surface area contributed by atoms with Crippen molar-refractivity contribution < 1.29 is 9.21 Å². The first kappa shape index (κ1) is 16.7. The fourth-order valence-corrected chi connectivity index (χ4v) is 3.52. The summed E-state index contributed by atoms with van der Waals surface area (Å²) in [5.74, 6) is -0.393. The lowest BCUT2D eigenvalue weighted by atomic mass is 10.1. The number of fused-ring (bicyclic) bond motifs is 1. The normalized spacial score (nSPS) is 14.0. The highest BCUT2D eigenvalue weighted by atomic mass is 35.5. The third-order valence-electron chi connectivity index (χ3n) is 4.53. The van der Waals surface area contributed by atoms with Gasteiger partial charge in [0.25, 0.3) is 5.91 Å². The van der Waals surface area contributed by atoms with Crippen molar-refractivity contribution in [2.75, 3.05) is 23.3 Å². The van der Waals surface area contributed by atoms with Crippen molar-refractivity contribution in [3.05, 3.63) is 69.5 Å². The number of carbonyl (C=O) groups is 1. The number of amides is 1. The third kappa shape index (κ3) is 3.06. The predicted molar refractivity (Wildman–Crippen MR) is 103 cm³/mol. The molecular weight excluding hydrogens is 352 g/mol. The van der Waals surface area contributed by atoms with E-state index in [2.05, 4.69) is 10.2 Å². The summed E-state index contributed by atoms with van der Waals surface area (Å²) in [6, 6.07) is 14.0. The molecule has 1 N–H and O–H groups in total. The van der Waals surface area contributed by atoms with Gasteiger partial charge in [0, 0.05) is 29.1 Å². The van der Waals surface area contributed by atoms with Gasteiger partial charge in [0.1, 0.15) is 5.58 Å². The number of hydrogen-bond donors (Lipinski definition) is 1. The zero-order valence-electron chi connectivity index (χ0n) is 14.0. The second kappa shape index (κ2) is 6.84. The van der Waals surface area contributed by atoms with Crippen molar-refractivity contribution in [3.63, 3.8) is 0 Å². The molecule has 1 aliphatic heterocycles. The number of para-hydroxylation sites is 1. The molecule has 26 heavy (non-hydrogen) atoms. The number of nitrogens with zero attached hydrogens (tertiary/aromatic N) is 1. The van der Waals surface area contributed by atoms with Crippen molar-refractivity contribution in [2.24, 2.45) is 0 Å². The smallest absolute Gasteiger partial charge is 0.362 e. The molecule has 1 aliphatic rings. The summed E-state index contributed by atoms with van der Waals surface area (Å²) in [5, 5.41) is 4.02. The molecule has 2 aromatic carbocycles. The number of nitrogens with one attached hydrogen (secondary N) is 1. The quantitative estimate of drug-likeness (QED) is 0.700. The molecule has 132 valence electrons. The van der Waals surface area contributed by atoms with E-state index in [1.807, 2.05) is 18.2 Å². The number of rotatable bonds is 3. The zero-order valence-corrected chi connectivity index (χ0v) is 14.8. The minimum absolute atomic E-state index is 0.176. The van der Waals surface area contributed by atoms with Crippen LogP contribution in [0.3, 0.4) is 0 Å². The summed E-state index contributed by atoms with van der Waals surface area (Å²) in [6.07, 6.45) is 2.10. The highest BCUT2D eigenvalue weighted by molar-refractivity contribution is 6.31. The lowest BCUT2D eigenvalue weighted by Gasteiger charge is -2.22. The minimum atomic E-state index is -0.555. The van der Waals surface area contributed by atoms with Gasteiger partial charge >= 0.3 is 5.63 Å². The number of hydrogen-bond acceptors (Lipinski definition) is 4. The number of benzene rings is 2. The van der Waals surface area contributed by atoms with E-state index in [0.29, 0.717) is 16.2 Å². The van der Waals surface area contributed by atoms with E-state index in [1.54, 1.807) is 30.3 Å². The summed E-state index contributed by atoms with van der Waals surface area (Å²) < 4.78 is 5.43. The summed E-state index contributed by atoms with van der Waals surface area (Å²) in [4.78, 5) is 27.4. The van der Waals surface area contributed by atoms with Crippen LogP contribution in [0.25, 0.3) is 11.0 Å². The largest absolute Gasteiger partial charge is 0.421 e. The summed E-state index contributed by atoms with van der Waals surface area (Å²) in [5.41, 5.74) is 1.25. The van der Waals surface area contributed by atoms with Crippen LogP contribution in [0.1, 0.15) is 23.2 Å². The van der Waals surface area contributed by atoms with E-state index < -0.39 is 11.5 Å². The molecule has 0 radical (unpaired) electrons. The predicted octanol–water partition coefficient (Wildman–Crippen LogP) is 4.30. The van der Waals surface area contributed by atoms with Crippen molar-refractivity contribution in [1.82, 2.24) is 0 Å². The van der Waals surface area contributed by atoms with Crippen LogP contribution in [0.5, 0.6) is 0 Å². The van der Waals surface area contributed by atoms with Crippen LogP contribution in [0.2, 0.25) is 5.02 Å². The summed E-state index contributed by atoms with van der Waals surface area (Å²) in [6.45, 7) is 1.68. The van der Waals surface area contributed by atoms with Crippen LogP contribution in [0.4, 0.5) is 11.4 Å². The van der Waals surface area contributed by atoms with Gasteiger partial charge < -0.3 is 14.6 Å². The van der Waals surface area contributed by atoms with E-state index in [1.165, 1.54) is 0 Å². The first-order valence-electron chi connectivity index (χ1n) is 8.51. The van der Waals surface area contributed by atoms with Crippen LogP contribution < -0.4 is 15.8 Å². The van der Waals surface area contributed by atoms with Crippen LogP contribution >= 0.6 is 11.6 Å². The molecular formula is C20H17ClN2O3. The highest BCUT2D eigenvalue weighted by Crippen LogP contribution is 2.34. The maximum atomic E-state index is 12.7. The Bertz CT molecular complexity index is 1040. The first-order valence-corrected chi connectivity index (χ1v) is 8.89. The van der Waals surface area contributed by atoms with E-state index >= 15 is 0 Å². The molecule has 2 heterocycles. The molecule has 6 heteroatoms. The first-order chi connectivity index (χ1) is 12.6. The average Bonchev–Trinajstić information content (AvgIpc) is 3.16. The van der Waals surface area contributed by atoms with Gasteiger partial charge in [0.05, 0.1) is 5.69 Å². The molecule has 1 fully saturated rings. The average molecular weight is 369 g/mol. The van der Waals surface area contributed by atoms with Crippen molar-refractivity contribution in [2.45, 2.75) is 12.8 Å². The molecule has 0 bridgehead atoms. The monoisotopic (exact) mass is 368 g/mol. The maximum Gasteiger partial charge on any atom is 0.362 e. The molecule has 5 nitrogen and oxygen atoms in total. The molecule has 1 amide bonds. The molecule has 4 rings (SSSR count). The van der Waals surface area contributed by atoms with Crippen LogP contribution in [0, 0.1) is 0 Å². The van der Waals surface area contributed by atoms with Gasteiger partial charge in [0.2, 0.25) is 0 Å². The Kier molecular flexibility index (Phi) is 4.39. The van der Waals surface area contributed by atoms with Gasteiger partial charge in [0.15, 0.2) is 5.69 Å².